The van der Waals surface area contributed by atoms with Gasteiger partial charge in [-0.15, -0.1) is 0 Å². The van der Waals surface area contributed by atoms with E-state index in [1.165, 1.54) is 7.11 Å². The van der Waals surface area contributed by atoms with Gasteiger partial charge >= 0.3 is 5.97 Å². The van der Waals surface area contributed by atoms with Crippen molar-refractivity contribution in [3.63, 3.8) is 0 Å². The van der Waals surface area contributed by atoms with Crippen LogP contribution in [0.4, 0.5) is 5.69 Å². The monoisotopic (exact) mass is 365 g/mol. The average Bonchev–Trinajstić information content (AvgIpc) is 2.78. The molecular formula is C23H15N3O2. The molecule has 0 atom stereocenters. The van der Waals surface area contributed by atoms with Gasteiger partial charge < -0.3 is 4.74 Å². The van der Waals surface area contributed by atoms with Gasteiger partial charge in [0.1, 0.15) is 0 Å². The Morgan fingerprint density at radius 1 is 0.857 bits per heavy atom. The lowest BCUT2D eigenvalue weighted by Gasteiger charge is -2.11. The Bertz CT molecular complexity index is 1210. The topological polar surface area (TPSA) is 56.4 Å². The molecule has 0 aliphatic carbocycles. The summed E-state index contributed by atoms with van der Waals surface area (Å²) >= 11 is 0. The van der Waals surface area contributed by atoms with E-state index in [9.17, 15) is 4.79 Å². The molecule has 3 aromatic carbocycles. The molecule has 0 fully saturated rings. The lowest BCUT2D eigenvalue weighted by Crippen LogP contribution is -2.02. The van der Waals surface area contributed by atoms with Gasteiger partial charge in [0.15, 0.2) is 5.69 Å². The van der Waals surface area contributed by atoms with E-state index in [2.05, 4.69) is 4.85 Å². The minimum absolute atomic E-state index is 0.418. The Hall–Kier alpha value is -4.04. The predicted octanol–water partition coefficient (Wildman–Crippen LogP) is 5.30. The molecule has 0 bridgehead atoms. The first-order valence-corrected chi connectivity index (χ1v) is 8.63. The second-order valence-electron chi connectivity index (χ2n) is 6.14. The van der Waals surface area contributed by atoms with Crippen molar-refractivity contribution in [1.82, 2.24) is 9.97 Å². The number of ether oxygens (including phenoxy) is 1. The highest BCUT2D eigenvalue weighted by Crippen LogP contribution is 2.32. The van der Waals surface area contributed by atoms with Crippen LogP contribution >= 0.6 is 0 Å². The van der Waals surface area contributed by atoms with Crippen LogP contribution < -0.4 is 0 Å². The fraction of sp³-hybridized carbons (Fsp3) is 0.0435. The Kier molecular flexibility index (Phi) is 4.53. The van der Waals surface area contributed by atoms with Crippen LogP contribution in [-0.2, 0) is 4.74 Å². The van der Waals surface area contributed by atoms with Crippen LogP contribution in [0.1, 0.15) is 10.4 Å². The first-order valence-electron chi connectivity index (χ1n) is 8.63. The zero-order valence-electron chi connectivity index (χ0n) is 15.1. The van der Waals surface area contributed by atoms with Crippen LogP contribution in [0.5, 0.6) is 0 Å². The molecule has 0 N–H and O–H groups in total. The van der Waals surface area contributed by atoms with Crippen molar-refractivity contribution in [3.8, 4) is 22.5 Å². The van der Waals surface area contributed by atoms with E-state index in [0.29, 0.717) is 28.0 Å². The third-order valence-electron chi connectivity index (χ3n) is 4.40. The number of fused-ring (bicyclic) bond motifs is 1. The van der Waals surface area contributed by atoms with Gasteiger partial charge in [-0.1, -0.05) is 54.6 Å². The maximum absolute atomic E-state index is 11.9. The van der Waals surface area contributed by atoms with Gasteiger partial charge in [0.25, 0.3) is 0 Å². The standard InChI is InChI=1S/C23H15N3O2/c1-24-18-11-8-16(9-12-18)22-21(15-6-4-3-5-7-15)25-19-13-10-17(23(27)28-2)14-20(19)26-22/h3-14H,2H3. The molecule has 0 amide bonds. The summed E-state index contributed by atoms with van der Waals surface area (Å²) in [6.45, 7) is 7.14. The molecule has 134 valence electrons. The number of methoxy groups -OCH3 is 1. The first kappa shape index (κ1) is 17.4. The van der Waals surface area contributed by atoms with Crippen molar-refractivity contribution in [3.05, 3.63) is 89.8 Å². The summed E-state index contributed by atoms with van der Waals surface area (Å²) in [6, 6.07) is 22.2. The molecule has 0 radical (unpaired) electrons. The van der Waals surface area contributed by atoms with Crippen molar-refractivity contribution >= 4 is 22.7 Å². The van der Waals surface area contributed by atoms with Crippen LogP contribution in [0.2, 0.25) is 0 Å². The molecule has 0 aliphatic heterocycles. The fourth-order valence-corrected chi connectivity index (χ4v) is 2.99. The molecule has 4 rings (SSSR count). The summed E-state index contributed by atoms with van der Waals surface area (Å²) in [4.78, 5) is 24.9. The summed E-state index contributed by atoms with van der Waals surface area (Å²) < 4.78 is 4.80. The molecule has 1 heterocycles. The maximum Gasteiger partial charge on any atom is 0.337 e. The highest BCUT2D eigenvalue weighted by molar-refractivity contribution is 5.95. The van der Waals surface area contributed by atoms with Gasteiger partial charge in [-0.2, -0.15) is 0 Å². The van der Waals surface area contributed by atoms with E-state index in [1.54, 1.807) is 30.3 Å². The number of carbonyl (C=O) groups is 1. The molecule has 0 spiro atoms. The van der Waals surface area contributed by atoms with Crippen LogP contribution in [-0.4, -0.2) is 23.0 Å². The van der Waals surface area contributed by atoms with Gasteiger partial charge in [-0.25, -0.2) is 19.6 Å². The van der Waals surface area contributed by atoms with Crippen LogP contribution in [0.3, 0.4) is 0 Å². The van der Waals surface area contributed by atoms with Crippen molar-refractivity contribution in [2.24, 2.45) is 0 Å². The number of nitrogens with zero attached hydrogens (tertiary/aromatic N) is 3. The second-order valence-corrected chi connectivity index (χ2v) is 6.14. The zero-order chi connectivity index (χ0) is 19.5. The lowest BCUT2D eigenvalue weighted by molar-refractivity contribution is 0.0601. The van der Waals surface area contributed by atoms with Crippen molar-refractivity contribution < 1.29 is 9.53 Å². The van der Waals surface area contributed by atoms with Gasteiger partial charge in [0, 0.05) is 5.56 Å². The number of carbonyl (C=O) groups excluding carboxylic acids is 1. The zero-order valence-corrected chi connectivity index (χ0v) is 15.1. The van der Waals surface area contributed by atoms with Gasteiger partial charge in [0.05, 0.1) is 41.7 Å². The van der Waals surface area contributed by atoms with Crippen molar-refractivity contribution in [2.45, 2.75) is 0 Å². The number of aromatic nitrogens is 2. The quantitative estimate of drug-likeness (QED) is 0.365. The van der Waals surface area contributed by atoms with Gasteiger partial charge in [-0.05, 0) is 23.8 Å². The molecule has 0 saturated heterocycles. The van der Waals surface area contributed by atoms with E-state index in [4.69, 9.17) is 21.3 Å². The summed E-state index contributed by atoms with van der Waals surface area (Å²) in [7, 11) is 1.35. The summed E-state index contributed by atoms with van der Waals surface area (Å²) in [5.74, 6) is -0.418. The third-order valence-corrected chi connectivity index (χ3v) is 4.40. The van der Waals surface area contributed by atoms with Gasteiger partial charge in [0.2, 0.25) is 0 Å². The van der Waals surface area contributed by atoms with Crippen molar-refractivity contribution in [1.29, 1.82) is 0 Å². The Balaban J connectivity index is 1.97. The van der Waals surface area contributed by atoms with Crippen LogP contribution in [0.15, 0.2) is 72.8 Å². The number of esters is 1. The highest BCUT2D eigenvalue weighted by Gasteiger charge is 2.15. The largest absolute Gasteiger partial charge is 0.465 e. The SMILES string of the molecule is [C-]#[N+]c1ccc(-c2nc3cc(C(=O)OC)ccc3nc2-c2ccccc2)cc1. The summed E-state index contributed by atoms with van der Waals surface area (Å²) in [6.07, 6.45) is 0. The maximum atomic E-state index is 11.9. The molecule has 28 heavy (non-hydrogen) atoms. The highest BCUT2D eigenvalue weighted by atomic mass is 16.5. The molecule has 0 aliphatic rings. The summed E-state index contributed by atoms with van der Waals surface area (Å²) in [5, 5.41) is 0. The average molecular weight is 365 g/mol. The van der Waals surface area contributed by atoms with Crippen LogP contribution in [0, 0.1) is 6.57 Å². The Morgan fingerprint density at radius 2 is 1.50 bits per heavy atom. The first-order chi connectivity index (χ1) is 13.7. The molecule has 0 saturated carbocycles. The third kappa shape index (κ3) is 3.19. The van der Waals surface area contributed by atoms with Crippen molar-refractivity contribution in [2.75, 3.05) is 7.11 Å². The van der Waals surface area contributed by atoms with E-state index in [0.717, 1.165) is 16.8 Å². The second kappa shape index (κ2) is 7.29. The fourth-order valence-electron chi connectivity index (χ4n) is 2.99. The van der Waals surface area contributed by atoms with Gasteiger partial charge in [-0.3, -0.25) is 0 Å². The predicted molar refractivity (Wildman–Crippen MR) is 108 cm³/mol. The number of hydrogen-bond acceptors (Lipinski definition) is 4. The van der Waals surface area contributed by atoms with E-state index >= 15 is 0 Å². The minimum atomic E-state index is -0.418. The van der Waals surface area contributed by atoms with E-state index < -0.39 is 5.97 Å². The van der Waals surface area contributed by atoms with E-state index in [1.807, 2.05) is 42.5 Å². The molecular weight excluding hydrogens is 350 g/mol. The number of rotatable bonds is 3. The Morgan fingerprint density at radius 3 is 2.14 bits per heavy atom. The number of benzene rings is 3. The van der Waals surface area contributed by atoms with Crippen LogP contribution in [0.25, 0.3) is 38.4 Å². The lowest BCUT2D eigenvalue weighted by atomic mass is 10.0. The smallest absolute Gasteiger partial charge is 0.337 e. The number of hydrogen-bond donors (Lipinski definition) is 0. The molecule has 5 nitrogen and oxygen atoms in total. The van der Waals surface area contributed by atoms with E-state index in [-0.39, 0.29) is 0 Å². The molecule has 5 heteroatoms. The Labute approximate surface area is 162 Å². The normalized spacial score (nSPS) is 10.4. The molecule has 0 unspecified atom stereocenters. The summed E-state index contributed by atoms with van der Waals surface area (Å²) in [5.41, 5.74) is 5.51. The molecule has 4 aromatic rings. The molecule has 1 aromatic heterocycles. The minimum Gasteiger partial charge on any atom is -0.465 e.